The SMILES string of the molecule is Nc1ccc(C2(c3ccccc3)c3ccccc3[Se]c3ccccc32)cc1. The first-order valence-corrected chi connectivity index (χ1v) is 10.8. The monoisotopic (exact) mass is 413 g/mol. The van der Waals surface area contributed by atoms with E-state index in [1.807, 2.05) is 12.1 Å². The molecule has 0 aromatic heterocycles. The van der Waals surface area contributed by atoms with Crippen molar-refractivity contribution in [2.24, 2.45) is 0 Å². The molecule has 2 N–H and O–H groups in total. The van der Waals surface area contributed by atoms with Gasteiger partial charge in [0.2, 0.25) is 0 Å². The van der Waals surface area contributed by atoms with Crippen LogP contribution in [-0.2, 0) is 5.41 Å². The third-order valence-electron chi connectivity index (χ3n) is 5.35. The molecule has 0 aliphatic carbocycles. The van der Waals surface area contributed by atoms with Crippen molar-refractivity contribution in [3.63, 3.8) is 0 Å². The zero-order valence-corrected chi connectivity index (χ0v) is 16.5. The van der Waals surface area contributed by atoms with Crippen molar-refractivity contribution in [1.29, 1.82) is 0 Å². The molecule has 0 radical (unpaired) electrons. The van der Waals surface area contributed by atoms with Crippen LogP contribution in [0.1, 0.15) is 22.3 Å². The number of nitrogens with two attached hydrogens (primary N) is 1. The molecule has 0 spiro atoms. The normalized spacial score (nSPS) is 14.2. The Morgan fingerprint density at radius 1 is 0.519 bits per heavy atom. The Balaban J connectivity index is 1.95. The van der Waals surface area contributed by atoms with Gasteiger partial charge in [0, 0.05) is 0 Å². The molecule has 130 valence electrons. The maximum absolute atomic E-state index is 6.03. The van der Waals surface area contributed by atoms with Crippen molar-refractivity contribution in [3.05, 3.63) is 125 Å². The fourth-order valence-corrected chi connectivity index (χ4v) is 6.71. The number of nitrogen functional groups attached to an aromatic ring is 1. The summed E-state index contributed by atoms with van der Waals surface area (Å²) in [4.78, 5) is 0. The summed E-state index contributed by atoms with van der Waals surface area (Å²) in [5.74, 6) is 0. The van der Waals surface area contributed by atoms with Gasteiger partial charge in [-0.2, -0.15) is 0 Å². The van der Waals surface area contributed by atoms with E-state index in [1.54, 1.807) is 0 Å². The number of rotatable bonds is 2. The van der Waals surface area contributed by atoms with E-state index in [4.69, 9.17) is 5.73 Å². The van der Waals surface area contributed by atoms with Crippen molar-refractivity contribution in [2.75, 3.05) is 5.73 Å². The summed E-state index contributed by atoms with van der Waals surface area (Å²) in [6, 6.07) is 37.1. The molecule has 0 saturated carbocycles. The summed E-state index contributed by atoms with van der Waals surface area (Å²) >= 11 is 0.305. The predicted molar refractivity (Wildman–Crippen MR) is 114 cm³/mol. The second kappa shape index (κ2) is 6.42. The Kier molecular flexibility index (Phi) is 3.89. The molecule has 5 rings (SSSR count). The molecule has 0 amide bonds. The summed E-state index contributed by atoms with van der Waals surface area (Å²) in [5, 5.41) is 0. The minimum atomic E-state index is -0.317. The van der Waals surface area contributed by atoms with Crippen LogP contribution in [0.15, 0.2) is 103 Å². The molecule has 2 heteroatoms. The second-order valence-corrected chi connectivity index (χ2v) is 9.11. The third kappa shape index (κ3) is 2.45. The van der Waals surface area contributed by atoms with Gasteiger partial charge in [-0.15, -0.1) is 0 Å². The fourth-order valence-electron chi connectivity index (χ4n) is 4.20. The van der Waals surface area contributed by atoms with Gasteiger partial charge >= 0.3 is 166 Å². The van der Waals surface area contributed by atoms with E-state index in [1.165, 1.54) is 31.2 Å². The molecule has 0 atom stereocenters. The van der Waals surface area contributed by atoms with Crippen molar-refractivity contribution < 1.29 is 0 Å². The third-order valence-corrected chi connectivity index (χ3v) is 7.77. The van der Waals surface area contributed by atoms with Gasteiger partial charge in [-0.05, 0) is 0 Å². The van der Waals surface area contributed by atoms with Crippen molar-refractivity contribution >= 4 is 29.6 Å². The number of hydrogen-bond acceptors (Lipinski definition) is 1. The van der Waals surface area contributed by atoms with Gasteiger partial charge in [-0.3, -0.25) is 0 Å². The zero-order valence-electron chi connectivity index (χ0n) is 14.8. The molecule has 1 heterocycles. The number of fused-ring (bicyclic) bond motifs is 2. The van der Waals surface area contributed by atoms with Crippen LogP contribution in [0.5, 0.6) is 0 Å². The van der Waals surface area contributed by atoms with Gasteiger partial charge in [0.15, 0.2) is 0 Å². The Morgan fingerprint density at radius 2 is 1.00 bits per heavy atom. The average Bonchev–Trinajstić information content (AvgIpc) is 2.73. The molecule has 0 fully saturated rings. The maximum atomic E-state index is 6.03. The quantitative estimate of drug-likeness (QED) is 0.348. The Bertz CT molecular complexity index is 1050. The van der Waals surface area contributed by atoms with Gasteiger partial charge in [-0.25, -0.2) is 0 Å². The molecule has 1 aliphatic heterocycles. The number of hydrogen-bond donors (Lipinski definition) is 1. The first-order chi connectivity index (χ1) is 13.3. The number of benzene rings is 4. The van der Waals surface area contributed by atoms with E-state index < -0.39 is 0 Å². The second-order valence-electron chi connectivity index (χ2n) is 6.83. The molecule has 4 aromatic carbocycles. The van der Waals surface area contributed by atoms with E-state index in [2.05, 4.69) is 91.0 Å². The van der Waals surface area contributed by atoms with Crippen LogP contribution >= 0.6 is 0 Å². The van der Waals surface area contributed by atoms with E-state index in [9.17, 15) is 0 Å². The van der Waals surface area contributed by atoms with Crippen LogP contribution in [0.25, 0.3) is 0 Å². The Morgan fingerprint density at radius 3 is 1.59 bits per heavy atom. The van der Waals surface area contributed by atoms with Crippen molar-refractivity contribution in [2.45, 2.75) is 5.41 Å². The molecule has 1 aliphatic rings. The molecule has 0 unspecified atom stereocenters. The Hall–Kier alpha value is -2.80. The molecular weight excluding hydrogens is 393 g/mol. The van der Waals surface area contributed by atoms with Crippen LogP contribution in [-0.4, -0.2) is 15.0 Å². The number of anilines is 1. The van der Waals surface area contributed by atoms with Crippen LogP contribution in [0.4, 0.5) is 5.69 Å². The van der Waals surface area contributed by atoms with Crippen molar-refractivity contribution in [1.82, 2.24) is 0 Å². The molecule has 27 heavy (non-hydrogen) atoms. The Labute approximate surface area is 166 Å². The predicted octanol–water partition coefficient (Wildman–Crippen LogP) is 3.62. The standard InChI is InChI=1S/C25H19NSe/c26-20-16-14-19(15-17-20)25(18-8-2-1-3-9-18)21-10-4-6-12-23(21)27-24-13-7-5-11-22(24)25/h1-17H,26H2. The molecule has 0 saturated heterocycles. The molecule has 4 aromatic rings. The molecular formula is C25H19NSe. The van der Waals surface area contributed by atoms with Crippen LogP contribution in [0.2, 0.25) is 0 Å². The zero-order chi connectivity index (χ0) is 18.3. The summed E-state index contributed by atoms with van der Waals surface area (Å²) in [6.45, 7) is 0. The summed E-state index contributed by atoms with van der Waals surface area (Å²) in [5.41, 5.74) is 11.8. The molecule has 1 nitrogen and oxygen atoms in total. The van der Waals surface area contributed by atoms with Gasteiger partial charge in [-0.1, -0.05) is 0 Å². The fraction of sp³-hybridized carbons (Fsp3) is 0.0400. The van der Waals surface area contributed by atoms with Crippen molar-refractivity contribution in [3.8, 4) is 0 Å². The van der Waals surface area contributed by atoms with Crippen LogP contribution in [0.3, 0.4) is 0 Å². The van der Waals surface area contributed by atoms with Gasteiger partial charge in [0.1, 0.15) is 0 Å². The topological polar surface area (TPSA) is 26.0 Å². The van der Waals surface area contributed by atoms with Gasteiger partial charge in [0.25, 0.3) is 0 Å². The van der Waals surface area contributed by atoms with Gasteiger partial charge < -0.3 is 0 Å². The molecule has 0 bridgehead atoms. The summed E-state index contributed by atoms with van der Waals surface area (Å²) < 4.78 is 2.90. The first kappa shape index (κ1) is 16.4. The van der Waals surface area contributed by atoms with Gasteiger partial charge in [0.05, 0.1) is 0 Å². The minimum absolute atomic E-state index is 0.305. The first-order valence-electron chi connectivity index (χ1n) is 9.08. The van der Waals surface area contributed by atoms with E-state index in [-0.39, 0.29) is 5.41 Å². The summed E-state index contributed by atoms with van der Waals surface area (Å²) in [7, 11) is 0. The average molecular weight is 412 g/mol. The van der Waals surface area contributed by atoms with E-state index in [0.29, 0.717) is 15.0 Å². The van der Waals surface area contributed by atoms with E-state index in [0.717, 1.165) is 5.69 Å². The van der Waals surface area contributed by atoms with Crippen LogP contribution in [0, 0.1) is 0 Å². The van der Waals surface area contributed by atoms with Crippen LogP contribution < -0.4 is 14.7 Å². The van der Waals surface area contributed by atoms with E-state index >= 15 is 0 Å². The summed E-state index contributed by atoms with van der Waals surface area (Å²) in [6.07, 6.45) is 0.